The zero-order valence-corrected chi connectivity index (χ0v) is 13.2. The van der Waals surface area contributed by atoms with Crippen molar-refractivity contribution in [3.63, 3.8) is 0 Å². The molecule has 1 amide bonds. The van der Waals surface area contributed by atoms with Gasteiger partial charge in [-0.3, -0.25) is 9.78 Å². The predicted octanol–water partition coefficient (Wildman–Crippen LogP) is 1.76. The van der Waals surface area contributed by atoms with Crippen molar-refractivity contribution in [2.45, 2.75) is 13.0 Å². The maximum atomic E-state index is 11.3. The number of anilines is 1. The Morgan fingerprint density at radius 1 is 1.17 bits per heavy atom. The van der Waals surface area contributed by atoms with Gasteiger partial charge in [0.05, 0.1) is 14.2 Å². The largest absolute Gasteiger partial charge is 0.493 e. The van der Waals surface area contributed by atoms with E-state index in [0.717, 1.165) is 36.7 Å². The monoisotopic (exact) mass is 313 g/mol. The van der Waals surface area contributed by atoms with Gasteiger partial charge in [0.2, 0.25) is 0 Å². The number of carbonyl (C=O) groups excluding carboxylic acids is 1. The fourth-order valence-electron chi connectivity index (χ4n) is 2.85. The molecule has 1 aromatic heterocycles. The van der Waals surface area contributed by atoms with Crippen LogP contribution in [0.15, 0.2) is 30.5 Å². The molecule has 2 N–H and O–H groups in total. The van der Waals surface area contributed by atoms with Crippen LogP contribution >= 0.6 is 0 Å². The summed E-state index contributed by atoms with van der Waals surface area (Å²) < 4.78 is 10.7. The number of hydrogen-bond donors (Lipinski definition) is 1. The van der Waals surface area contributed by atoms with Crippen LogP contribution in [0.25, 0.3) is 0 Å². The number of fused-ring (bicyclic) bond motifs is 1. The SMILES string of the molecule is COc1cc2c(cc1OC)CN(c1ccnc(C(N)=O)c1)CC2. The van der Waals surface area contributed by atoms with Gasteiger partial charge in [-0.15, -0.1) is 0 Å². The zero-order chi connectivity index (χ0) is 16.4. The molecule has 2 heterocycles. The summed E-state index contributed by atoms with van der Waals surface area (Å²) in [6, 6.07) is 7.66. The normalized spacial score (nSPS) is 13.4. The molecule has 3 rings (SSSR count). The van der Waals surface area contributed by atoms with Crippen molar-refractivity contribution < 1.29 is 14.3 Å². The molecular formula is C17H19N3O3. The fourth-order valence-corrected chi connectivity index (χ4v) is 2.85. The molecule has 1 aliphatic rings. The van der Waals surface area contributed by atoms with Gasteiger partial charge in [-0.25, -0.2) is 0 Å². The van der Waals surface area contributed by atoms with Gasteiger partial charge in [0, 0.05) is 25.0 Å². The summed E-state index contributed by atoms with van der Waals surface area (Å²) in [6.45, 7) is 1.59. The van der Waals surface area contributed by atoms with Crippen LogP contribution in [0, 0.1) is 0 Å². The average molecular weight is 313 g/mol. The summed E-state index contributed by atoms with van der Waals surface area (Å²) in [5.41, 5.74) is 8.96. The molecular weight excluding hydrogens is 294 g/mol. The fraction of sp³-hybridized carbons (Fsp3) is 0.294. The number of rotatable bonds is 4. The molecule has 0 saturated carbocycles. The highest BCUT2D eigenvalue weighted by Crippen LogP contribution is 2.34. The van der Waals surface area contributed by atoms with Crippen molar-refractivity contribution in [3.8, 4) is 11.5 Å². The molecule has 1 aromatic carbocycles. The number of carbonyl (C=O) groups is 1. The van der Waals surface area contributed by atoms with E-state index >= 15 is 0 Å². The van der Waals surface area contributed by atoms with Crippen LogP contribution in [0.1, 0.15) is 21.6 Å². The van der Waals surface area contributed by atoms with E-state index in [9.17, 15) is 4.79 Å². The maximum Gasteiger partial charge on any atom is 0.267 e. The molecule has 0 aliphatic carbocycles. The van der Waals surface area contributed by atoms with Gasteiger partial charge in [0.15, 0.2) is 11.5 Å². The van der Waals surface area contributed by atoms with E-state index in [4.69, 9.17) is 15.2 Å². The number of amides is 1. The molecule has 0 atom stereocenters. The summed E-state index contributed by atoms with van der Waals surface area (Å²) in [5.74, 6) is 0.955. The number of benzene rings is 1. The van der Waals surface area contributed by atoms with Crippen molar-refractivity contribution >= 4 is 11.6 Å². The molecule has 6 heteroatoms. The number of primary amides is 1. The summed E-state index contributed by atoms with van der Waals surface area (Å²) in [4.78, 5) is 17.5. The number of nitrogens with two attached hydrogens (primary N) is 1. The van der Waals surface area contributed by atoms with Gasteiger partial charge in [-0.1, -0.05) is 0 Å². The van der Waals surface area contributed by atoms with Crippen molar-refractivity contribution in [1.29, 1.82) is 0 Å². The summed E-state index contributed by atoms with van der Waals surface area (Å²) >= 11 is 0. The zero-order valence-electron chi connectivity index (χ0n) is 13.2. The lowest BCUT2D eigenvalue weighted by atomic mass is 9.98. The first-order chi connectivity index (χ1) is 11.1. The lowest BCUT2D eigenvalue weighted by Gasteiger charge is -2.31. The van der Waals surface area contributed by atoms with Crippen molar-refractivity contribution in [2.24, 2.45) is 5.73 Å². The number of hydrogen-bond acceptors (Lipinski definition) is 5. The van der Waals surface area contributed by atoms with Crippen LogP contribution in [0.5, 0.6) is 11.5 Å². The van der Waals surface area contributed by atoms with Crippen LogP contribution in [-0.4, -0.2) is 31.7 Å². The highest BCUT2D eigenvalue weighted by molar-refractivity contribution is 5.91. The molecule has 0 fully saturated rings. The van der Waals surface area contributed by atoms with E-state index in [2.05, 4.69) is 9.88 Å². The Morgan fingerprint density at radius 3 is 2.52 bits per heavy atom. The van der Waals surface area contributed by atoms with Gasteiger partial charge in [-0.2, -0.15) is 0 Å². The summed E-state index contributed by atoms with van der Waals surface area (Å²) in [5, 5.41) is 0. The number of methoxy groups -OCH3 is 2. The second-order valence-electron chi connectivity index (χ2n) is 5.41. The number of ether oxygens (including phenoxy) is 2. The maximum absolute atomic E-state index is 11.3. The van der Waals surface area contributed by atoms with Crippen LogP contribution in [0.3, 0.4) is 0 Å². The van der Waals surface area contributed by atoms with Gasteiger partial charge in [0.25, 0.3) is 5.91 Å². The number of aromatic nitrogens is 1. The van der Waals surface area contributed by atoms with Crippen LogP contribution in [-0.2, 0) is 13.0 Å². The molecule has 0 saturated heterocycles. The van der Waals surface area contributed by atoms with Crippen LogP contribution in [0.2, 0.25) is 0 Å². The second kappa shape index (κ2) is 6.16. The van der Waals surface area contributed by atoms with Crippen molar-refractivity contribution in [2.75, 3.05) is 25.7 Å². The molecule has 0 bridgehead atoms. The van der Waals surface area contributed by atoms with Gasteiger partial charge in [-0.05, 0) is 41.8 Å². The average Bonchev–Trinajstić information content (AvgIpc) is 2.60. The van der Waals surface area contributed by atoms with E-state index in [1.165, 1.54) is 11.1 Å². The van der Waals surface area contributed by atoms with Crippen molar-refractivity contribution in [1.82, 2.24) is 4.98 Å². The van der Waals surface area contributed by atoms with Gasteiger partial charge < -0.3 is 20.1 Å². The van der Waals surface area contributed by atoms with E-state index < -0.39 is 5.91 Å². The lowest BCUT2D eigenvalue weighted by Crippen LogP contribution is -2.30. The number of pyridine rings is 1. The third-order valence-corrected chi connectivity index (χ3v) is 4.08. The van der Waals surface area contributed by atoms with E-state index in [1.54, 1.807) is 26.5 Å². The Hall–Kier alpha value is -2.76. The molecule has 1 aliphatic heterocycles. The minimum atomic E-state index is -0.518. The Morgan fingerprint density at radius 2 is 1.87 bits per heavy atom. The quantitative estimate of drug-likeness (QED) is 0.930. The lowest BCUT2D eigenvalue weighted by molar-refractivity contribution is 0.0995. The third kappa shape index (κ3) is 2.92. The van der Waals surface area contributed by atoms with Crippen LogP contribution in [0.4, 0.5) is 5.69 Å². The van der Waals surface area contributed by atoms with Gasteiger partial charge >= 0.3 is 0 Å². The smallest absolute Gasteiger partial charge is 0.267 e. The molecule has 6 nitrogen and oxygen atoms in total. The number of nitrogens with zero attached hydrogens (tertiary/aromatic N) is 2. The highest BCUT2D eigenvalue weighted by Gasteiger charge is 2.20. The molecule has 0 radical (unpaired) electrons. The molecule has 2 aromatic rings. The van der Waals surface area contributed by atoms with Crippen LogP contribution < -0.4 is 20.1 Å². The molecule has 0 unspecified atom stereocenters. The summed E-state index contributed by atoms with van der Waals surface area (Å²) in [7, 11) is 3.27. The van der Waals surface area contributed by atoms with E-state index in [0.29, 0.717) is 0 Å². The first kappa shape index (κ1) is 15.1. The topological polar surface area (TPSA) is 77.7 Å². The van der Waals surface area contributed by atoms with Gasteiger partial charge in [0.1, 0.15) is 5.69 Å². The Bertz CT molecular complexity index is 746. The van der Waals surface area contributed by atoms with E-state index in [1.807, 2.05) is 18.2 Å². The summed E-state index contributed by atoms with van der Waals surface area (Å²) in [6.07, 6.45) is 2.50. The minimum absolute atomic E-state index is 0.278. The minimum Gasteiger partial charge on any atom is -0.493 e. The van der Waals surface area contributed by atoms with E-state index in [-0.39, 0.29) is 5.69 Å². The Kier molecular flexibility index (Phi) is 4.06. The molecule has 0 spiro atoms. The Labute approximate surface area is 134 Å². The highest BCUT2D eigenvalue weighted by atomic mass is 16.5. The predicted molar refractivity (Wildman–Crippen MR) is 87.1 cm³/mol. The van der Waals surface area contributed by atoms with Crippen molar-refractivity contribution in [3.05, 3.63) is 47.3 Å². The molecule has 23 heavy (non-hydrogen) atoms. The standard InChI is InChI=1S/C17H19N3O3/c1-22-15-7-11-4-6-20(10-12(11)8-16(15)23-2)13-3-5-19-14(9-13)17(18)21/h3,5,7-9H,4,6,10H2,1-2H3,(H2,18,21). The Balaban J connectivity index is 1.90. The first-order valence-electron chi connectivity index (χ1n) is 7.37. The third-order valence-electron chi connectivity index (χ3n) is 4.08. The second-order valence-corrected chi connectivity index (χ2v) is 5.41. The molecule has 120 valence electrons. The first-order valence-corrected chi connectivity index (χ1v) is 7.37.